The third-order valence-corrected chi connectivity index (χ3v) is 5.73. The van der Waals surface area contributed by atoms with Crippen LogP contribution in [0.3, 0.4) is 0 Å². The summed E-state index contributed by atoms with van der Waals surface area (Å²) >= 11 is 0. The first-order valence-electron chi connectivity index (χ1n) is 11.0. The third-order valence-electron chi connectivity index (χ3n) is 5.73. The minimum atomic E-state index is -0.172. The summed E-state index contributed by atoms with van der Waals surface area (Å²) in [6.45, 7) is 0.788. The largest absolute Gasteiger partial charge is 0.346 e. The van der Waals surface area contributed by atoms with Crippen molar-refractivity contribution in [3.63, 3.8) is 0 Å². The van der Waals surface area contributed by atoms with E-state index in [-0.39, 0.29) is 43.1 Å². The van der Waals surface area contributed by atoms with Crippen LogP contribution in [0.5, 0.6) is 0 Å². The van der Waals surface area contributed by atoms with Crippen molar-refractivity contribution in [1.29, 1.82) is 0 Å². The summed E-state index contributed by atoms with van der Waals surface area (Å²) in [5.41, 5.74) is 13.0. The van der Waals surface area contributed by atoms with Gasteiger partial charge in [0.15, 0.2) is 0 Å². The predicted octanol–water partition coefficient (Wildman–Crippen LogP) is 6.01. The van der Waals surface area contributed by atoms with Gasteiger partial charge in [0.05, 0.1) is 23.4 Å². The summed E-state index contributed by atoms with van der Waals surface area (Å²) in [4.78, 5) is 26.1. The molecule has 9 heteroatoms. The fraction of sp³-hybridized carbons (Fsp3) is 0.0714. The number of hydrogen-bond donors (Lipinski definition) is 2. The van der Waals surface area contributed by atoms with Crippen LogP contribution >= 0.6 is 37.2 Å². The Labute approximate surface area is 234 Å². The third kappa shape index (κ3) is 6.61. The minimum absolute atomic E-state index is 0. The summed E-state index contributed by atoms with van der Waals surface area (Å²) in [5, 5.41) is 3.86. The number of carbonyl (C=O) groups is 1. The smallest absolute Gasteiger partial charge is 0.251 e. The molecule has 0 radical (unpaired) electrons. The fourth-order valence-electron chi connectivity index (χ4n) is 3.92. The molecule has 37 heavy (non-hydrogen) atoms. The number of nitrogens with zero attached hydrogens (tertiary/aromatic N) is 3. The molecule has 3 aromatic heterocycles. The van der Waals surface area contributed by atoms with E-state index < -0.39 is 0 Å². The van der Waals surface area contributed by atoms with Crippen LogP contribution in [-0.2, 0) is 13.1 Å². The van der Waals surface area contributed by atoms with Gasteiger partial charge in [-0.1, -0.05) is 54.6 Å². The number of rotatable bonds is 6. The first-order chi connectivity index (χ1) is 16.7. The molecule has 0 bridgehead atoms. The molecule has 0 aliphatic carbocycles. The lowest BCUT2D eigenvalue weighted by Crippen LogP contribution is -2.23. The average Bonchev–Trinajstić information content (AvgIpc) is 2.92. The highest BCUT2D eigenvalue weighted by molar-refractivity contribution is 5.95. The Morgan fingerprint density at radius 3 is 2.19 bits per heavy atom. The highest BCUT2D eigenvalue weighted by Crippen LogP contribution is 2.34. The van der Waals surface area contributed by atoms with Crippen LogP contribution in [0.15, 0.2) is 97.5 Å². The number of nitrogens with one attached hydrogen (secondary N) is 1. The van der Waals surface area contributed by atoms with Crippen molar-refractivity contribution in [1.82, 2.24) is 20.3 Å². The number of nitrogens with two attached hydrogens (primary N) is 1. The van der Waals surface area contributed by atoms with Gasteiger partial charge in [0.2, 0.25) is 0 Å². The number of pyridine rings is 3. The zero-order valence-electron chi connectivity index (χ0n) is 19.7. The van der Waals surface area contributed by atoms with E-state index in [2.05, 4.69) is 45.6 Å². The van der Waals surface area contributed by atoms with Gasteiger partial charge in [0.1, 0.15) is 0 Å². The van der Waals surface area contributed by atoms with Gasteiger partial charge >= 0.3 is 0 Å². The number of benzene rings is 2. The summed E-state index contributed by atoms with van der Waals surface area (Å²) < 4.78 is 0. The SMILES string of the molecule is Cl.Cl.Cl.NCc1ccc(-c2nc3ccnc(CNC(=O)c4ccncc4)c3cc2-c2ccccc2)cc1. The lowest BCUT2D eigenvalue weighted by Gasteiger charge is -2.14. The van der Waals surface area contributed by atoms with Gasteiger partial charge < -0.3 is 11.1 Å². The maximum absolute atomic E-state index is 12.5. The zero-order chi connectivity index (χ0) is 23.3. The van der Waals surface area contributed by atoms with Crippen LogP contribution in [0, 0.1) is 0 Å². The lowest BCUT2D eigenvalue weighted by molar-refractivity contribution is 0.0950. The van der Waals surface area contributed by atoms with E-state index in [1.165, 1.54) is 0 Å². The first-order valence-corrected chi connectivity index (χ1v) is 11.0. The molecule has 0 aliphatic rings. The monoisotopic (exact) mass is 553 g/mol. The number of fused-ring (bicyclic) bond motifs is 1. The van der Waals surface area contributed by atoms with E-state index in [1.807, 2.05) is 36.4 Å². The first kappa shape index (κ1) is 29.7. The van der Waals surface area contributed by atoms with Crippen molar-refractivity contribution < 1.29 is 4.79 Å². The number of halogens is 3. The van der Waals surface area contributed by atoms with Crippen LogP contribution in [0.2, 0.25) is 0 Å². The fourth-order valence-corrected chi connectivity index (χ4v) is 3.92. The molecule has 2 aromatic carbocycles. The molecule has 0 atom stereocenters. The van der Waals surface area contributed by atoms with Gasteiger partial charge in [-0.2, -0.15) is 0 Å². The molecule has 1 amide bonds. The van der Waals surface area contributed by atoms with E-state index in [4.69, 9.17) is 10.7 Å². The molecule has 190 valence electrons. The Morgan fingerprint density at radius 2 is 1.51 bits per heavy atom. The van der Waals surface area contributed by atoms with Gasteiger partial charge in [-0.05, 0) is 35.4 Å². The molecule has 5 aromatic rings. The topological polar surface area (TPSA) is 93.8 Å². The highest BCUT2D eigenvalue weighted by Gasteiger charge is 2.15. The maximum atomic E-state index is 12.5. The second-order valence-corrected chi connectivity index (χ2v) is 7.89. The van der Waals surface area contributed by atoms with Crippen molar-refractivity contribution >= 4 is 54.0 Å². The molecule has 0 spiro atoms. The van der Waals surface area contributed by atoms with Crippen molar-refractivity contribution in [3.8, 4) is 22.4 Å². The van der Waals surface area contributed by atoms with Gasteiger partial charge in [-0.3, -0.25) is 14.8 Å². The molecular formula is C28H26Cl3N5O. The molecule has 5 rings (SSSR count). The Hall–Kier alpha value is -3.55. The number of amides is 1. The summed E-state index contributed by atoms with van der Waals surface area (Å²) in [7, 11) is 0. The molecular weight excluding hydrogens is 529 g/mol. The van der Waals surface area contributed by atoms with Crippen LogP contribution in [0.4, 0.5) is 0 Å². The maximum Gasteiger partial charge on any atom is 0.251 e. The highest BCUT2D eigenvalue weighted by atomic mass is 35.5. The standard InChI is InChI=1S/C28H23N5O.3ClH/c29-17-19-6-8-21(9-7-19)27-23(20-4-2-1-3-5-20)16-24-25(33-27)12-15-31-26(24)18-32-28(34)22-10-13-30-14-11-22;;;/h1-16H,17-18,29H2,(H,32,34);3*1H. The van der Waals surface area contributed by atoms with Crippen LogP contribution in [0.1, 0.15) is 21.6 Å². The second-order valence-electron chi connectivity index (χ2n) is 7.89. The average molecular weight is 555 g/mol. The van der Waals surface area contributed by atoms with Crippen molar-refractivity contribution in [2.45, 2.75) is 13.1 Å². The number of aromatic nitrogens is 3. The second kappa shape index (κ2) is 13.7. The molecule has 0 aliphatic heterocycles. The molecule has 0 fully saturated rings. The predicted molar refractivity (Wildman–Crippen MR) is 155 cm³/mol. The summed E-state index contributed by atoms with van der Waals surface area (Å²) in [6, 6.07) is 25.7. The normalized spacial score (nSPS) is 9.97. The van der Waals surface area contributed by atoms with E-state index in [0.29, 0.717) is 18.7 Å². The van der Waals surface area contributed by atoms with E-state index in [9.17, 15) is 4.79 Å². The van der Waals surface area contributed by atoms with E-state index >= 15 is 0 Å². The van der Waals surface area contributed by atoms with Gasteiger partial charge in [-0.15, -0.1) is 37.2 Å². The summed E-state index contributed by atoms with van der Waals surface area (Å²) in [6.07, 6.45) is 4.93. The number of hydrogen-bond acceptors (Lipinski definition) is 5. The van der Waals surface area contributed by atoms with E-state index in [1.54, 1.807) is 30.7 Å². The van der Waals surface area contributed by atoms with Gasteiger partial charge in [0.25, 0.3) is 5.91 Å². The minimum Gasteiger partial charge on any atom is -0.346 e. The van der Waals surface area contributed by atoms with Crippen molar-refractivity contribution in [3.05, 3.63) is 114 Å². The molecule has 0 unspecified atom stereocenters. The Bertz CT molecular complexity index is 1450. The Morgan fingerprint density at radius 1 is 0.811 bits per heavy atom. The zero-order valence-corrected chi connectivity index (χ0v) is 22.2. The van der Waals surface area contributed by atoms with Crippen LogP contribution < -0.4 is 11.1 Å². The van der Waals surface area contributed by atoms with Gasteiger partial charge in [0, 0.05) is 47.2 Å². The molecule has 3 N–H and O–H groups in total. The molecule has 3 heterocycles. The van der Waals surface area contributed by atoms with Crippen LogP contribution in [-0.4, -0.2) is 20.9 Å². The Kier molecular flexibility index (Phi) is 11.0. The van der Waals surface area contributed by atoms with Crippen LogP contribution in [0.25, 0.3) is 33.3 Å². The van der Waals surface area contributed by atoms with Crippen molar-refractivity contribution in [2.75, 3.05) is 0 Å². The molecule has 0 saturated heterocycles. The quantitative estimate of drug-likeness (QED) is 0.268. The molecule has 6 nitrogen and oxygen atoms in total. The Balaban J connectivity index is 0.00000160. The lowest BCUT2D eigenvalue weighted by atomic mass is 9.96. The summed E-state index contributed by atoms with van der Waals surface area (Å²) in [5.74, 6) is -0.172. The van der Waals surface area contributed by atoms with E-state index in [0.717, 1.165) is 44.5 Å². The van der Waals surface area contributed by atoms with Crippen molar-refractivity contribution in [2.24, 2.45) is 5.73 Å². The molecule has 0 saturated carbocycles. The number of carbonyl (C=O) groups excluding carboxylic acids is 1. The van der Waals surface area contributed by atoms with Gasteiger partial charge in [-0.25, -0.2) is 4.98 Å².